The molecule has 0 bridgehead atoms. The summed E-state index contributed by atoms with van der Waals surface area (Å²) in [6, 6.07) is 2.61. The first kappa shape index (κ1) is 16.3. The number of hydrogen-bond acceptors (Lipinski definition) is 3. The molecule has 104 valence electrons. The maximum absolute atomic E-state index is 6.19. The molecule has 18 heavy (non-hydrogen) atoms. The number of thiophene rings is 1. The van der Waals surface area contributed by atoms with Crippen molar-refractivity contribution >= 4 is 34.5 Å². The van der Waals surface area contributed by atoms with Gasteiger partial charge in [-0.15, -0.1) is 11.3 Å². The molecule has 1 aromatic heterocycles. The van der Waals surface area contributed by atoms with Crippen molar-refractivity contribution in [3.63, 3.8) is 0 Å². The van der Waals surface area contributed by atoms with E-state index in [1.165, 1.54) is 11.3 Å². The third-order valence-electron chi connectivity index (χ3n) is 2.98. The van der Waals surface area contributed by atoms with E-state index in [1.807, 2.05) is 6.07 Å². The highest BCUT2D eigenvalue weighted by molar-refractivity contribution is 7.20. The Balaban J connectivity index is 2.72. The Bertz CT molecular complexity index is 377. The summed E-state index contributed by atoms with van der Waals surface area (Å²) in [6.07, 6.45) is 0. The lowest BCUT2D eigenvalue weighted by Gasteiger charge is -2.29. The quantitative estimate of drug-likeness (QED) is 0.843. The molecular formula is C13H22Cl2N2S. The molecule has 0 amide bonds. The fourth-order valence-electron chi connectivity index (χ4n) is 1.91. The molecule has 0 aliphatic carbocycles. The number of halogens is 2. The van der Waals surface area contributed by atoms with E-state index in [-0.39, 0.29) is 6.04 Å². The Morgan fingerprint density at radius 3 is 2.28 bits per heavy atom. The predicted octanol–water partition coefficient (Wildman–Crippen LogP) is 4.29. The van der Waals surface area contributed by atoms with E-state index >= 15 is 0 Å². The van der Waals surface area contributed by atoms with Crippen molar-refractivity contribution in [2.24, 2.45) is 5.92 Å². The summed E-state index contributed by atoms with van der Waals surface area (Å²) < 4.78 is 1.53. The van der Waals surface area contributed by atoms with Crippen molar-refractivity contribution in [3.05, 3.63) is 20.3 Å². The van der Waals surface area contributed by atoms with Gasteiger partial charge in [-0.1, -0.05) is 37.0 Å². The van der Waals surface area contributed by atoms with Crippen molar-refractivity contribution in [1.29, 1.82) is 0 Å². The molecule has 0 saturated heterocycles. The highest BCUT2D eigenvalue weighted by Crippen LogP contribution is 2.35. The van der Waals surface area contributed by atoms with Gasteiger partial charge in [0, 0.05) is 18.6 Å². The van der Waals surface area contributed by atoms with Gasteiger partial charge in [0.2, 0.25) is 0 Å². The van der Waals surface area contributed by atoms with Gasteiger partial charge in [0.1, 0.15) is 0 Å². The van der Waals surface area contributed by atoms with E-state index in [4.69, 9.17) is 23.2 Å². The van der Waals surface area contributed by atoms with Crippen LogP contribution in [0, 0.1) is 5.92 Å². The smallest absolute Gasteiger partial charge is 0.0991 e. The zero-order valence-electron chi connectivity index (χ0n) is 11.6. The molecule has 0 aromatic carbocycles. The van der Waals surface area contributed by atoms with Gasteiger partial charge in [-0.3, -0.25) is 0 Å². The summed E-state index contributed by atoms with van der Waals surface area (Å²) in [5.41, 5.74) is 1.09. The van der Waals surface area contributed by atoms with Crippen molar-refractivity contribution in [2.75, 3.05) is 20.6 Å². The molecule has 0 aliphatic rings. The number of rotatable bonds is 6. The topological polar surface area (TPSA) is 15.3 Å². The molecule has 1 N–H and O–H groups in total. The van der Waals surface area contributed by atoms with Gasteiger partial charge in [-0.2, -0.15) is 0 Å². The molecule has 5 heteroatoms. The second-order valence-corrected chi connectivity index (χ2v) is 7.57. The summed E-state index contributed by atoms with van der Waals surface area (Å²) in [5, 5.41) is 3.64. The van der Waals surface area contributed by atoms with Gasteiger partial charge in [0.05, 0.1) is 8.67 Å². The summed E-state index contributed by atoms with van der Waals surface area (Å²) >= 11 is 13.6. The average molecular weight is 309 g/mol. The van der Waals surface area contributed by atoms with Gasteiger partial charge < -0.3 is 10.2 Å². The summed E-state index contributed by atoms with van der Waals surface area (Å²) in [6.45, 7) is 7.61. The molecule has 1 aromatic rings. The van der Waals surface area contributed by atoms with E-state index < -0.39 is 0 Å². The van der Waals surface area contributed by atoms with Crippen LogP contribution in [-0.4, -0.2) is 31.6 Å². The predicted molar refractivity (Wildman–Crippen MR) is 83.1 cm³/mol. The Kier molecular flexibility index (Phi) is 6.42. The lowest BCUT2D eigenvalue weighted by atomic mass is 10.0. The molecule has 1 rings (SSSR count). The second kappa shape index (κ2) is 7.11. The molecule has 2 unspecified atom stereocenters. The van der Waals surface area contributed by atoms with Gasteiger partial charge in [0.25, 0.3) is 0 Å². The molecule has 1 heterocycles. The van der Waals surface area contributed by atoms with Crippen molar-refractivity contribution < 1.29 is 0 Å². The van der Waals surface area contributed by atoms with E-state index in [1.54, 1.807) is 0 Å². The molecule has 0 radical (unpaired) electrons. The van der Waals surface area contributed by atoms with E-state index in [2.05, 4.69) is 45.1 Å². The first-order chi connectivity index (χ1) is 8.31. The second-order valence-electron chi connectivity index (χ2n) is 5.28. The van der Waals surface area contributed by atoms with Crippen LogP contribution in [0.3, 0.4) is 0 Å². The Morgan fingerprint density at radius 2 is 1.89 bits per heavy atom. The van der Waals surface area contributed by atoms with Gasteiger partial charge in [0.15, 0.2) is 0 Å². The van der Waals surface area contributed by atoms with Crippen LogP contribution in [0.5, 0.6) is 0 Å². The van der Waals surface area contributed by atoms with Crippen LogP contribution in [0.25, 0.3) is 0 Å². The van der Waals surface area contributed by atoms with E-state index in [9.17, 15) is 0 Å². The summed E-state index contributed by atoms with van der Waals surface area (Å²) in [4.78, 5) is 2.20. The molecule has 0 saturated carbocycles. The molecular weight excluding hydrogens is 287 g/mol. The molecule has 0 fully saturated rings. The SMILES string of the molecule is CC(NC(CN(C)C)C(C)C)c1cc(Cl)sc1Cl. The van der Waals surface area contributed by atoms with Crippen molar-refractivity contribution in [1.82, 2.24) is 10.2 Å². The zero-order valence-corrected chi connectivity index (χ0v) is 14.0. The minimum atomic E-state index is 0.216. The van der Waals surface area contributed by atoms with E-state index in [0.717, 1.165) is 20.8 Å². The maximum Gasteiger partial charge on any atom is 0.0991 e. The average Bonchev–Trinajstić information content (AvgIpc) is 2.56. The van der Waals surface area contributed by atoms with Crippen LogP contribution in [0.1, 0.15) is 32.4 Å². The number of nitrogens with one attached hydrogen (secondary N) is 1. The van der Waals surface area contributed by atoms with Crippen LogP contribution < -0.4 is 5.32 Å². The summed E-state index contributed by atoms with van der Waals surface area (Å²) in [7, 11) is 4.19. The van der Waals surface area contributed by atoms with Crippen LogP contribution in [-0.2, 0) is 0 Å². The van der Waals surface area contributed by atoms with Crippen LogP contribution in [0.2, 0.25) is 8.67 Å². The standard InChI is InChI=1S/C13H22Cl2N2S/c1-8(2)11(7-17(4)5)16-9(3)10-6-12(14)18-13(10)15/h6,8-9,11,16H,7H2,1-5H3. The van der Waals surface area contributed by atoms with Gasteiger partial charge >= 0.3 is 0 Å². The lowest BCUT2D eigenvalue weighted by Crippen LogP contribution is -2.43. The number of nitrogens with zero attached hydrogens (tertiary/aromatic N) is 1. The Morgan fingerprint density at radius 1 is 1.28 bits per heavy atom. The highest BCUT2D eigenvalue weighted by Gasteiger charge is 2.20. The fourth-order valence-corrected chi connectivity index (χ4v) is 3.55. The van der Waals surface area contributed by atoms with Crippen LogP contribution in [0.15, 0.2) is 6.07 Å². The Labute approximate surface area is 124 Å². The Hall–Kier alpha value is 0.200. The van der Waals surface area contributed by atoms with Crippen molar-refractivity contribution in [2.45, 2.75) is 32.9 Å². The normalized spacial score (nSPS) is 15.4. The number of hydrogen-bond donors (Lipinski definition) is 1. The first-order valence-electron chi connectivity index (χ1n) is 6.16. The lowest BCUT2D eigenvalue weighted by molar-refractivity contribution is 0.273. The molecule has 2 nitrogen and oxygen atoms in total. The minimum Gasteiger partial charge on any atom is -0.308 e. The van der Waals surface area contributed by atoms with Crippen LogP contribution >= 0.6 is 34.5 Å². The minimum absolute atomic E-state index is 0.216. The summed E-state index contributed by atoms with van der Waals surface area (Å²) in [5.74, 6) is 0.572. The van der Waals surface area contributed by atoms with Gasteiger partial charge in [-0.25, -0.2) is 0 Å². The van der Waals surface area contributed by atoms with Crippen molar-refractivity contribution in [3.8, 4) is 0 Å². The fraction of sp³-hybridized carbons (Fsp3) is 0.692. The third kappa shape index (κ3) is 4.71. The number of likely N-dealkylation sites (N-methyl/N-ethyl adjacent to an activating group) is 1. The highest BCUT2D eigenvalue weighted by atomic mass is 35.5. The first-order valence-corrected chi connectivity index (χ1v) is 7.74. The van der Waals surface area contributed by atoms with E-state index in [0.29, 0.717) is 12.0 Å². The largest absolute Gasteiger partial charge is 0.308 e. The monoisotopic (exact) mass is 308 g/mol. The maximum atomic E-state index is 6.19. The molecule has 2 atom stereocenters. The van der Waals surface area contributed by atoms with Gasteiger partial charge in [-0.05, 0) is 38.6 Å². The third-order valence-corrected chi connectivity index (χ3v) is 4.50. The van der Waals surface area contributed by atoms with Crippen LogP contribution in [0.4, 0.5) is 0 Å². The molecule has 0 aliphatic heterocycles. The molecule has 0 spiro atoms. The zero-order chi connectivity index (χ0) is 13.9.